The summed E-state index contributed by atoms with van der Waals surface area (Å²) in [4.78, 5) is 6.59. The monoisotopic (exact) mass is 322 g/mol. The Labute approximate surface area is 122 Å². The van der Waals surface area contributed by atoms with Crippen LogP contribution in [0.25, 0.3) is 0 Å². The SMILES string of the molecule is CN(CCNc1cccc(Br)c1)Cc1nccn1C. The van der Waals surface area contributed by atoms with E-state index in [0.29, 0.717) is 0 Å². The minimum absolute atomic E-state index is 0.865. The summed E-state index contributed by atoms with van der Waals surface area (Å²) in [5.41, 5.74) is 1.14. The molecule has 0 atom stereocenters. The van der Waals surface area contributed by atoms with E-state index in [0.717, 1.165) is 35.6 Å². The number of anilines is 1. The van der Waals surface area contributed by atoms with Gasteiger partial charge in [0.25, 0.3) is 0 Å². The van der Waals surface area contributed by atoms with Gasteiger partial charge in [-0.25, -0.2) is 4.98 Å². The zero-order valence-electron chi connectivity index (χ0n) is 11.3. The Hall–Kier alpha value is -1.33. The molecule has 0 saturated carbocycles. The van der Waals surface area contributed by atoms with Crippen molar-refractivity contribution >= 4 is 21.6 Å². The molecule has 2 aromatic rings. The van der Waals surface area contributed by atoms with E-state index in [9.17, 15) is 0 Å². The number of likely N-dealkylation sites (N-methyl/N-ethyl adjacent to an activating group) is 1. The topological polar surface area (TPSA) is 33.1 Å². The van der Waals surface area contributed by atoms with Crippen LogP contribution in [-0.4, -0.2) is 34.6 Å². The zero-order chi connectivity index (χ0) is 13.7. The minimum atomic E-state index is 0.865. The summed E-state index contributed by atoms with van der Waals surface area (Å²) < 4.78 is 3.15. The Balaban J connectivity index is 1.75. The fourth-order valence-electron chi connectivity index (χ4n) is 1.86. The molecule has 2 rings (SSSR count). The van der Waals surface area contributed by atoms with Gasteiger partial charge in [-0.2, -0.15) is 0 Å². The molecule has 1 heterocycles. The van der Waals surface area contributed by atoms with E-state index in [-0.39, 0.29) is 0 Å². The van der Waals surface area contributed by atoms with E-state index >= 15 is 0 Å². The van der Waals surface area contributed by atoms with Gasteiger partial charge in [0.05, 0.1) is 6.54 Å². The molecule has 0 aliphatic heterocycles. The molecule has 0 saturated heterocycles. The van der Waals surface area contributed by atoms with Crippen molar-refractivity contribution in [3.05, 3.63) is 47.0 Å². The maximum atomic E-state index is 4.33. The summed E-state index contributed by atoms with van der Waals surface area (Å²) in [6.45, 7) is 2.75. The van der Waals surface area contributed by atoms with Gasteiger partial charge in [-0.3, -0.25) is 4.90 Å². The van der Waals surface area contributed by atoms with Crippen molar-refractivity contribution in [1.29, 1.82) is 0 Å². The number of halogens is 1. The maximum Gasteiger partial charge on any atom is 0.122 e. The molecule has 0 fully saturated rings. The highest BCUT2D eigenvalue weighted by Gasteiger charge is 2.04. The van der Waals surface area contributed by atoms with Crippen LogP contribution < -0.4 is 5.32 Å². The Bertz CT molecular complexity index is 524. The standard InChI is InChI=1S/C14H19BrN4/c1-18(11-14-17-7-9-19(14)2)8-6-16-13-5-3-4-12(15)10-13/h3-5,7,9-10,16H,6,8,11H2,1-2H3. The van der Waals surface area contributed by atoms with Gasteiger partial charge < -0.3 is 9.88 Å². The molecule has 1 aromatic carbocycles. The number of nitrogens with zero attached hydrogens (tertiary/aromatic N) is 3. The van der Waals surface area contributed by atoms with Crippen molar-refractivity contribution in [3.63, 3.8) is 0 Å². The number of rotatable bonds is 6. The zero-order valence-corrected chi connectivity index (χ0v) is 12.9. The van der Waals surface area contributed by atoms with Crippen LogP contribution in [0.15, 0.2) is 41.1 Å². The molecule has 1 N–H and O–H groups in total. The number of hydrogen-bond acceptors (Lipinski definition) is 3. The minimum Gasteiger partial charge on any atom is -0.384 e. The Morgan fingerprint density at radius 3 is 2.95 bits per heavy atom. The first kappa shape index (κ1) is 14.1. The van der Waals surface area contributed by atoms with Gasteiger partial charge >= 0.3 is 0 Å². The molecule has 5 heteroatoms. The molecule has 0 amide bonds. The van der Waals surface area contributed by atoms with Gasteiger partial charge in [0.1, 0.15) is 5.82 Å². The maximum absolute atomic E-state index is 4.33. The number of hydrogen-bond donors (Lipinski definition) is 1. The van der Waals surface area contributed by atoms with Crippen molar-refractivity contribution in [2.45, 2.75) is 6.54 Å². The predicted molar refractivity (Wildman–Crippen MR) is 82.2 cm³/mol. The van der Waals surface area contributed by atoms with E-state index < -0.39 is 0 Å². The number of benzene rings is 1. The van der Waals surface area contributed by atoms with Crippen LogP contribution in [0.1, 0.15) is 5.82 Å². The van der Waals surface area contributed by atoms with Crippen LogP contribution in [-0.2, 0) is 13.6 Å². The van der Waals surface area contributed by atoms with E-state index in [2.05, 4.69) is 54.9 Å². The summed E-state index contributed by atoms with van der Waals surface area (Å²) in [5.74, 6) is 1.09. The highest BCUT2D eigenvalue weighted by atomic mass is 79.9. The largest absolute Gasteiger partial charge is 0.384 e. The molecule has 1 aromatic heterocycles. The van der Waals surface area contributed by atoms with Crippen LogP contribution >= 0.6 is 15.9 Å². The fourth-order valence-corrected chi connectivity index (χ4v) is 2.26. The summed E-state index contributed by atoms with van der Waals surface area (Å²) in [6.07, 6.45) is 3.81. The molecule has 0 spiro atoms. The summed E-state index contributed by atoms with van der Waals surface area (Å²) in [5, 5.41) is 3.41. The van der Waals surface area contributed by atoms with E-state index in [4.69, 9.17) is 0 Å². The van der Waals surface area contributed by atoms with Crippen LogP contribution in [0, 0.1) is 0 Å². The van der Waals surface area contributed by atoms with Gasteiger partial charge in [0.15, 0.2) is 0 Å². The molecular weight excluding hydrogens is 304 g/mol. The first-order valence-corrected chi connectivity index (χ1v) is 7.08. The third-order valence-electron chi connectivity index (χ3n) is 2.98. The summed E-state index contributed by atoms with van der Waals surface area (Å²) in [6, 6.07) is 8.21. The number of nitrogens with one attached hydrogen (secondary N) is 1. The molecule has 0 aliphatic carbocycles. The highest BCUT2D eigenvalue weighted by Crippen LogP contribution is 2.15. The second kappa shape index (κ2) is 6.73. The lowest BCUT2D eigenvalue weighted by molar-refractivity contribution is 0.327. The van der Waals surface area contributed by atoms with E-state index in [1.165, 1.54) is 0 Å². The second-order valence-electron chi connectivity index (χ2n) is 4.63. The Morgan fingerprint density at radius 2 is 2.26 bits per heavy atom. The Kier molecular flexibility index (Phi) is 4.99. The average Bonchev–Trinajstić information content (AvgIpc) is 2.75. The normalized spacial score (nSPS) is 10.9. The highest BCUT2D eigenvalue weighted by molar-refractivity contribution is 9.10. The van der Waals surface area contributed by atoms with Gasteiger partial charge in [-0.15, -0.1) is 0 Å². The number of aromatic nitrogens is 2. The van der Waals surface area contributed by atoms with Crippen LogP contribution in [0.3, 0.4) is 0 Å². The first-order chi connectivity index (χ1) is 9.15. The Morgan fingerprint density at radius 1 is 1.42 bits per heavy atom. The average molecular weight is 323 g/mol. The third-order valence-corrected chi connectivity index (χ3v) is 3.47. The molecule has 0 aliphatic rings. The predicted octanol–water partition coefficient (Wildman–Crippen LogP) is 2.73. The molecular formula is C14H19BrN4. The van der Waals surface area contributed by atoms with Crippen LogP contribution in [0.2, 0.25) is 0 Å². The van der Waals surface area contributed by atoms with Crippen molar-refractivity contribution in [2.24, 2.45) is 7.05 Å². The van der Waals surface area contributed by atoms with Crippen molar-refractivity contribution in [1.82, 2.24) is 14.5 Å². The molecule has 0 unspecified atom stereocenters. The molecule has 0 radical (unpaired) electrons. The third kappa shape index (κ3) is 4.36. The fraction of sp³-hybridized carbons (Fsp3) is 0.357. The lowest BCUT2D eigenvalue weighted by Gasteiger charge is -2.17. The van der Waals surface area contributed by atoms with Crippen molar-refractivity contribution in [3.8, 4) is 0 Å². The van der Waals surface area contributed by atoms with Crippen molar-refractivity contribution in [2.75, 3.05) is 25.5 Å². The molecule has 19 heavy (non-hydrogen) atoms. The van der Waals surface area contributed by atoms with Crippen LogP contribution in [0.4, 0.5) is 5.69 Å². The van der Waals surface area contributed by atoms with E-state index in [1.807, 2.05) is 31.6 Å². The second-order valence-corrected chi connectivity index (χ2v) is 5.54. The number of aryl methyl sites for hydroxylation is 1. The first-order valence-electron chi connectivity index (χ1n) is 6.29. The quantitative estimate of drug-likeness (QED) is 0.887. The van der Waals surface area contributed by atoms with Gasteiger partial charge in [0.2, 0.25) is 0 Å². The van der Waals surface area contributed by atoms with Crippen molar-refractivity contribution < 1.29 is 0 Å². The summed E-state index contributed by atoms with van der Waals surface area (Å²) in [7, 11) is 4.13. The van der Waals surface area contributed by atoms with Gasteiger partial charge in [0, 0.05) is 42.7 Å². The van der Waals surface area contributed by atoms with Gasteiger partial charge in [-0.05, 0) is 25.2 Å². The molecule has 0 bridgehead atoms. The molecule has 102 valence electrons. The van der Waals surface area contributed by atoms with Crippen LogP contribution in [0.5, 0.6) is 0 Å². The number of imidazole rings is 1. The lowest BCUT2D eigenvalue weighted by atomic mass is 10.3. The lowest BCUT2D eigenvalue weighted by Crippen LogP contribution is -2.26. The summed E-state index contributed by atoms with van der Waals surface area (Å²) >= 11 is 3.47. The smallest absolute Gasteiger partial charge is 0.122 e. The molecule has 4 nitrogen and oxygen atoms in total. The van der Waals surface area contributed by atoms with Gasteiger partial charge in [-0.1, -0.05) is 22.0 Å². The van der Waals surface area contributed by atoms with E-state index in [1.54, 1.807) is 0 Å².